The molecule has 1 fully saturated rings. The second-order valence-electron chi connectivity index (χ2n) is 4.95. The lowest BCUT2D eigenvalue weighted by Gasteiger charge is -2.24. The summed E-state index contributed by atoms with van der Waals surface area (Å²) >= 11 is 0. The molecular weight excluding hydrogens is 290 g/mol. The molecule has 21 heavy (non-hydrogen) atoms. The third kappa shape index (κ3) is 2.62. The molecule has 2 aromatic rings. The summed E-state index contributed by atoms with van der Waals surface area (Å²) in [7, 11) is -3.62. The molecule has 0 bridgehead atoms. The molecule has 0 aromatic carbocycles. The predicted molar refractivity (Wildman–Crippen MR) is 77.2 cm³/mol. The van der Waals surface area contributed by atoms with Crippen LogP contribution in [0.1, 0.15) is 24.4 Å². The fraction of sp³-hybridized carbons (Fsp3) is 0.286. The standard InChI is InChI=1S/C14H15N3O3S/c18-14-6-5-12(10-16-14)21(19,20)17-8-2-4-13(17)11-3-1-7-15-9-11/h1,3,5-7,9-10,13H,2,4,8H2,(H,16,18). The topological polar surface area (TPSA) is 83.1 Å². The van der Waals surface area contributed by atoms with Gasteiger partial charge in [0.2, 0.25) is 15.6 Å². The van der Waals surface area contributed by atoms with Crippen LogP contribution in [-0.4, -0.2) is 29.2 Å². The smallest absolute Gasteiger partial charge is 0.247 e. The van der Waals surface area contributed by atoms with Crippen LogP contribution in [0.25, 0.3) is 0 Å². The monoisotopic (exact) mass is 305 g/mol. The molecule has 0 spiro atoms. The number of pyridine rings is 2. The molecule has 1 atom stereocenters. The zero-order valence-corrected chi connectivity index (χ0v) is 12.1. The summed E-state index contributed by atoms with van der Waals surface area (Å²) in [6.07, 6.45) is 6.19. The molecule has 1 aliphatic heterocycles. The lowest BCUT2D eigenvalue weighted by atomic mass is 10.1. The van der Waals surface area contributed by atoms with Crippen molar-refractivity contribution in [2.75, 3.05) is 6.54 Å². The van der Waals surface area contributed by atoms with E-state index in [4.69, 9.17) is 0 Å². The third-order valence-electron chi connectivity index (χ3n) is 3.64. The van der Waals surface area contributed by atoms with E-state index in [1.165, 1.54) is 22.6 Å². The molecule has 0 aliphatic carbocycles. The van der Waals surface area contributed by atoms with Gasteiger partial charge in [-0.1, -0.05) is 6.07 Å². The fourth-order valence-corrected chi connectivity index (χ4v) is 4.28. The van der Waals surface area contributed by atoms with Crippen LogP contribution in [0.2, 0.25) is 0 Å². The normalized spacial score (nSPS) is 19.7. The molecule has 0 amide bonds. The summed E-state index contributed by atoms with van der Waals surface area (Å²) in [6.45, 7) is 0.473. The fourth-order valence-electron chi connectivity index (χ4n) is 2.63. The number of aromatic nitrogens is 2. The molecule has 0 radical (unpaired) electrons. The summed E-state index contributed by atoms with van der Waals surface area (Å²) < 4.78 is 26.9. The average molecular weight is 305 g/mol. The van der Waals surface area contributed by atoms with Crippen LogP contribution < -0.4 is 5.56 Å². The van der Waals surface area contributed by atoms with Crippen LogP contribution >= 0.6 is 0 Å². The molecule has 1 unspecified atom stereocenters. The molecule has 1 N–H and O–H groups in total. The SMILES string of the molecule is O=c1ccc(S(=O)(=O)N2CCCC2c2cccnc2)c[nH]1. The van der Waals surface area contributed by atoms with Gasteiger partial charge in [-0.2, -0.15) is 4.31 Å². The van der Waals surface area contributed by atoms with Gasteiger partial charge in [0.15, 0.2) is 0 Å². The van der Waals surface area contributed by atoms with Crippen LogP contribution in [0, 0.1) is 0 Å². The lowest BCUT2D eigenvalue weighted by molar-refractivity contribution is 0.396. The van der Waals surface area contributed by atoms with Gasteiger partial charge in [0, 0.05) is 31.2 Å². The van der Waals surface area contributed by atoms with Gasteiger partial charge in [-0.15, -0.1) is 0 Å². The van der Waals surface area contributed by atoms with Gasteiger partial charge in [0.25, 0.3) is 0 Å². The van der Waals surface area contributed by atoms with E-state index < -0.39 is 10.0 Å². The Morgan fingerprint density at radius 3 is 2.81 bits per heavy atom. The third-order valence-corrected chi connectivity index (χ3v) is 5.54. The first kappa shape index (κ1) is 14.0. The van der Waals surface area contributed by atoms with Crippen LogP contribution in [0.5, 0.6) is 0 Å². The number of H-pyrrole nitrogens is 1. The van der Waals surface area contributed by atoms with E-state index in [1.807, 2.05) is 6.07 Å². The molecule has 6 nitrogen and oxygen atoms in total. The Labute approximate surface area is 122 Å². The number of hydrogen-bond donors (Lipinski definition) is 1. The van der Waals surface area contributed by atoms with E-state index >= 15 is 0 Å². The number of rotatable bonds is 3. The maximum absolute atomic E-state index is 12.7. The van der Waals surface area contributed by atoms with Crippen LogP contribution in [-0.2, 0) is 10.0 Å². The number of sulfonamides is 1. The molecule has 110 valence electrons. The van der Waals surface area contributed by atoms with Crippen molar-refractivity contribution in [3.63, 3.8) is 0 Å². The van der Waals surface area contributed by atoms with E-state index in [9.17, 15) is 13.2 Å². The maximum atomic E-state index is 12.7. The molecule has 3 heterocycles. The second kappa shape index (κ2) is 5.42. The first-order chi connectivity index (χ1) is 10.1. The number of hydrogen-bond acceptors (Lipinski definition) is 4. The van der Waals surface area contributed by atoms with E-state index in [-0.39, 0.29) is 16.5 Å². The first-order valence-electron chi connectivity index (χ1n) is 6.69. The van der Waals surface area contributed by atoms with Gasteiger partial charge in [-0.25, -0.2) is 8.42 Å². The summed E-state index contributed by atoms with van der Waals surface area (Å²) in [5, 5.41) is 0. The van der Waals surface area contributed by atoms with Gasteiger partial charge < -0.3 is 4.98 Å². The van der Waals surface area contributed by atoms with Gasteiger partial charge in [-0.3, -0.25) is 9.78 Å². The Bertz CT molecular complexity index is 766. The molecule has 2 aromatic heterocycles. The van der Waals surface area contributed by atoms with Crippen LogP contribution in [0.15, 0.2) is 52.5 Å². The highest BCUT2D eigenvalue weighted by atomic mass is 32.2. The van der Waals surface area contributed by atoms with Crippen molar-refractivity contribution in [1.82, 2.24) is 14.3 Å². The van der Waals surface area contributed by atoms with Gasteiger partial charge in [0.05, 0.1) is 10.9 Å². The van der Waals surface area contributed by atoms with E-state index in [0.29, 0.717) is 6.54 Å². The zero-order chi connectivity index (χ0) is 14.9. The summed E-state index contributed by atoms with van der Waals surface area (Å²) in [5.74, 6) is 0. The van der Waals surface area contributed by atoms with Crippen molar-refractivity contribution in [3.8, 4) is 0 Å². The molecule has 7 heteroatoms. The summed E-state index contributed by atoms with van der Waals surface area (Å²) in [5.41, 5.74) is 0.571. The Morgan fingerprint density at radius 1 is 1.29 bits per heavy atom. The minimum Gasteiger partial charge on any atom is -0.328 e. The highest BCUT2D eigenvalue weighted by Crippen LogP contribution is 2.35. The minimum absolute atomic E-state index is 0.109. The first-order valence-corrected chi connectivity index (χ1v) is 8.13. The van der Waals surface area contributed by atoms with Gasteiger partial charge >= 0.3 is 0 Å². The number of aromatic amines is 1. The minimum atomic E-state index is -3.62. The van der Waals surface area contributed by atoms with Crippen molar-refractivity contribution in [2.24, 2.45) is 0 Å². The summed E-state index contributed by atoms with van der Waals surface area (Å²) in [4.78, 5) is 17.7. The largest absolute Gasteiger partial charge is 0.328 e. The van der Waals surface area contributed by atoms with Crippen molar-refractivity contribution in [1.29, 1.82) is 0 Å². The van der Waals surface area contributed by atoms with Crippen LogP contribution in [0.4, 0.5) is 0 Å². The Hall–Kier alpha value is -1.99. The zero-order valence-electron chi connectivity index (χ0n) is 11.3. The predicted octanol–water partition coefficient (Wildman–Crippen LogP) is 1.30. The molecule has 0 saturated carbocycles. The van der Waals surface area contributed by atoms with Gasteiger partial charge in [0.1, 0.15) is 0 Å². The summed E-state index contributed by atoms with van der Waals surface area (Å²) in [6, 6.07) is 6.06. The number of nitrogens with zero attached hydrogens (tertiary/aromatic N) is 2. The molecular formula is C14H15N3O3S. The lowest BCUT2D eigenvalue weighted by Crippen LogP contribution is -2.31. The quantitative estimate of drug-likeness (QED) is 0.926. The Balaban J connectivity index is 1.98. The highest BCUT2D eigenvalue weighted by Gasteiger charge is 2.36. The van der Waals surface area contributed by atoms with Crippen molar-refractivity contribution in [2.45, 2.75) is 23.8 Å². The Kier molecular flexibility index (Phi) is 3.60. The Morgan fingerprint density at radius 2 is 2.14 bits per heavy atom. The highest BCUT2D eigenvalue weighted by molar-refractivity contribution is 7.89. The molecule has 1 aliphatic rings. The molecule has 3 rings (SSSR count). The van der Waals surface area contributed by atoms with E-state index in [1.54, 1.807) is 18.5 Å². The van der Waals surface area contributed by atoms with Crippen molar-refractivity contribution >= 4 is 10.0 Å². The maximum Gasteiger partial charge on any atom is 0.247 e. The van der Waals surface area contributed by atoms with Crippen LogP contribution in [0.3, 0.4) is 0 Å². The van der Waals surface area contributed by atoms with Crippen molar-refractivity contribution < 1.29 is 8.42 Å². The second-order valence-corrected chi connectivity index (χ2v) is 6.84. The molecule has 1 saturated heterocycles. The van der Waals surface area contributed by atoms with Gasteiger partial charge in [-0.05, 0) is 30.5 Å². The van der Waals surface area contributed by atoms with E-state index in [0.717, 1.165) is 18.4 Å². The number of nitrogens with one attached hydrogen (secondary N) is 1. The van der Waals surface area contributed by atoms with Crippen molar-refractivity contribution in [3.05, 3.63) is 58.8 Å². The van der Waals surface area contributed by atoms with E-state index in [2.05, 4.69) is 9.97 Å². The average Bonchev–Trinajstić information content (AvgIpc) is 2.99.